The lowest BCUT2D eigenvalue weighted by molar-refractivity contribution is -0.274. The second kappa shape index (κ2) is 7.74. The number of benzene rings is 1. The van der Waals surface area contributed by atoms with Crippen LogP contribution in [0.1, 0.15) is 33.6 Å². The molecule has 1 aliphatic heterocycles. The lowest BCUT2D eigenvalue weighted by Gasteiger charge is -2.38. The maximum absolute atomic E-state index is 12.7. The van der Waals surface area contributed by atoms with Gasteiger partial charge in [0, 0.05) is 37.9 Å². The quantitative estimate of drug-likeness (QED) is 0.792. The average Bonchev–Trinajstić information content (AvgIpc) is 2.51. The summed E-state index contributed by atoms with van der Waals surface area (Å²) in [5, 5.41) is 0. The zero-order valence-electron chi connectivity index (χ0n) is 16.0. The monoisotopic (exact) mass is 389 g/mol. The lowest BCUT2D eigenvalue weighted by Crippen LogP contribution is -2.47. The molecular weight excluding hydrogens is 363 g/mol. The van der Waals surface area contributed by atoms with Gasteiger partial charge in [-0.1, -0.05) is 0 Å². The number of nitrogens with two attached hydrogens (primary N) is 1. The van der Waals surface area contributed by atoms with Crippen LogP contribution in [0.3, 0.4) is 0 Å². The molecule has 0 aromatic heterocycles. The molecule has 1 aliphatic rings. The van der Waals surface area contributed by atoms with Crippen LogP contribution in [0.2, 0.25) is 0 Å². The van der Waals surface area contributed by atoms with Gasteiger partial charge in [0.15, 0.2) is 5.75 Å². The summed E-state index contributed by atoms with van der Waals surface area (Å²) in [6, 6.07) is 4.19. The first-order valence-corrected chi connectivity index (χ1v) is 8.72. The van der Waals surface area contributed by atoms with E-state index in [-0.39, 0.29) is 17.5 Å². The van der Waals surface area contributed by atoms with Gasteiger partial charge in [-0.25, -0.2) is 4.79 Å². The Kier molecular flexibility index (Phi) is 6.01. The summed E-state index contributed by atoms with van der Waals surface area (Å²) in [5.41, 5.74) is 5.54. The summed E-state index contributed by atoms with van der Waals surface area (Å²) < 4.78 is 47.5. The first-order valence-electron chi connectivity index (χ1n) is 8.72. The van der Waals surface area contributed by atoms with Crippen molar-refractivity contribution in [1.82, 2.24) is 4.90 Å². The highest BCUT2D eigenvalue weighted by Crippen LogP contribution is 2.36. The Morgan fingerprint density at radius 3 is 2.33 bits per heavy atom. The smallest absolute Gasteiger partial charge is 0.444 e. The van der Waals surface area contributed by atoms with E-state index in [0.29, 0.717) is 31.6 Å². The summed E-state index contributed by atoms with van der Waals surface area (Å²) >= 11 is 0. The van der Waals surface area contributed by atoms with E-state index in [2.05, 4.69) is 4.74 Å². The number of nitrogens with zero attached hydrogens (tertiary/aromatic N) is 2. The number of carbonyl (C=O) groups excluding carboxylic acids is 1. The molecular formula is C18H26F3N3O3. The second-order valence-corrected chi connectivity index (χ2v) is 7.58. The minimum atomic E-state index is -4.79. The van der Waals surface area contributed by atoms with Crippen molar-refractivity contribution in [2.24, 2.45) is 0 Å². The molecule has 1 aromatic rings. The molecule has 0 unspecified atom stereocenters. The lowest BCUT2D eigenvalue weighted by atomic mass is 10.0. The van der Waals surface area contributed by atoms with Gasteiger partial charge in [-0.2, -0.15) is 0 Å². The molecule has 27 heavy (non-hydrogen) atoms. The normalized spacial score (nSPS) is 16.2. The van der Waals surface area contributed by atoms with E-state index in [1.807, 2.05) is 0 Å². The van der Waals surface area contributed by atoms with Crippen molar-refractivity contribution in [3.63, 3.8) is 0 Å². The number of halogens is 3. The summed E-state index contributed by atoms with van der Waals surface area (Å²) in [5.74, 6) is -0.318. The zero-order valence-corrected chi connectivity index (χ0v) is 16.0. The molecule has 0 spiro atoms. The second-order valence-electron chi connectivity index (χ2n) is 7.58. The predicted octanol–water partition coefficient (Wildman–Crippen LogP) is 4.00. The van der Waals surface area contributed by atoms with Crippen molar-refractivity contribution in [3.8, 4) is 5.75 Å². The van der Waals surface area contributed by atoms with Crippen LogP contribution in [-0.2, 0) is 4.74 Å². The number of nitrogen functional groups attached to an aromatic ring is 1. The van der Waals surface area contributed by atoms with E-state index in [1.54, 1.807) is 37.6 Å². The molecule has 0 atom stereocenters. The molecule has 1 heterocycles. The van der Waals surface area contributed by atoms with Gasteiger partial charge in [-0.15, -0.1) is 13.2 Å². The maximum atomic E-state index is 12.7. The molecule has 0 radical (unpaired) electrons. The van der Waals surface area contributed by atoms with Crippen LogP contribution in [0.4, 0.5) is 29.3 Å². The number of alkyl halides is 3. The number of piperidine rings is 1. The fraction of sp³-hybridized carbons (Fsp3) is 0.611. The molecule has 0 aliphatic carbocycles. The van der Waals surface area contributed by atoms with Gasteiger partial charge in [-0.3, -0.25) is 0 Å². The largest absolute Gasteiger partial charge is 0.573 e. The Hall–Kier alpha value is -2.32. The number of amides is 1. The van der Waals surface area contributed by atoms with Crippen LogP contribution in [0.25, 0.3) is 0 Å². The van der Waals surface area contributed by atoms with Crippen LogP contribution >= 0.6 is 0 Å². The Morgan fingerprint density at radius 1 is 1.22 bits per heavy atom. The van der Waals surface area contributed by atoms with Crippen molar-refractivity contribution in [3.05, 3.63) is 18.2 Å². The Morgan fingerprint density at radius 2 is 1.81 bits per heavy atom. The molecule has 1 aromatic carbocycles. The van der Waals surface area contributed by atoms with E-state index in [0.717, 1.165) is 0 Å². The molecule has 6 nitrogen and oxygen atoms in total. The summed E-state index contributed by atoms with van der Waals surface area (Å²) in [7, 11) is 1.68. The molecule has 0 saturated carbocycles. The minimum Gasteiger partial charge on any atom is -0.444 e. The molecule has 152 valence electrons. The molecule has 0 bridgehead atoms. The van der Waals surface area contributed by atoms with Crippen LogP contribution in [0.15, 0.2) is 18.2 Å². The van der Waals surface area contributed by atoms with Crippen molar-refractivity contribution < 1.29 is 27.4 Å². The van der Waals surface area contributed by atoms with Crippen LogP contribution < -0.4 is 15.4 Å². The van der Waals surface area contributed by atoms with E-state index in [9.17, 15) is 18.0 Å². The van der Waals surface area contributed by atoms with Gasteiger partial charge in [-0.05, 0) is 45.7 Å². The number of ether oxygens (including phenoxy) is 2. The third kappa shape index (κ3) is 6.11. The van der Waals surface area contributed by atoms with Gasteiger partial charge in [0.05, 0.1) is 5.69 Å². The van der Waals surface area contributed by atoms with Crippen LogP contribution in [-0.4, -0.2) is 49.1 Å². The van der Waals surface area contributed by atoms with Gasteiger partial charge in [0.2, 0.25) is 0 Å². The molecule has 1 amide bonds. The first-order chi connectivity index (χ1) is 12.4. The summed E-state index contributed by atoms with van der Waals surface area (Å²) in [6.45, 7) is 6.35. The van der Waals surface area contributed by atoms with E-state index in [1.165, 1.54) is 18.2 Å². The number of hydrogen-bond donors (Lipinski definition) is 1. The summed E-state index contributed by atoms with van der Waals surface area (Å²) in [6.07, 6.45) is -4.00. The fourth-order valence-electron chi connectivity index (χ4n) is 2.98. The van der Waals surface area contributed by atoms with Gasteiger partial charge in [0.1, 0.15) is 5.60 Å². The van der Waals surface area contributed by atoms with Crippen molar-refractivity contribution in [2.45, 2.75) is 51.6 Å². The third-order valence-electron chi connectivity index (χ3n) is 4.24. The van der Waals surface area contributed by atoms with Crippen LogP contribution in [0, 0.1) is 0 Å². The standard InChI is InChI=1S/C18H26F3N3O3/c1-17(2,3)27-16(25)23(4)13-7-9-24(10-8-13)14-6-5-12(22)11-15(14)26-18(19,20)21/h5-6,11,13H,7-10,22H2,1-4H3. The predicted molar refractivity (Wildman–Crippen MR) is 96.8 cm³/mol. The van der Waals surface area contributed by atoms with E-state index in [4.69, 9.17) is 10.5 Å². The number of anilines is 2. The number of carbonyl (C=O) groups is 1. The van der Waals surface area contributed by atoms with Crippen LogP contribution in [0.5, 0.6) is 5.75 Å². The molecule has 2 N–H and O–H groups in total. The topological polar surface area (TPSA) is 68.0 Å². The SMILES string of the molecule is CN(C(=O)OC(C)(C)C)C1CCN(c2ccc(N)cc2OC(F)(F)F)CC1. The Balaban J connectivity index is 2.04. The summed E-state index contributed by atoms with van der Waals surface area (Å²) in [4.78, 5) is 15.5. The third-order valence-corrected chi connectivity index (χ3v) is 4.24. The van der Waals surface area contributed by atoms with Gasteiger partial charge < -0.3 is 25.0 Å². The van der Waals surface area contributed by atoms with Crippen molar-refractivity contribution in [1.29, 1.82) is 0 Å². The Bertz CT molecular complexity index is 666. The molecule has 1 fully saturated rings. The fourth-order valence-corrected chi connectivity index (χ4v) is 2.98. The minimum absolute atomic E-state index is 0.0446. The Labute approximate surface area is 157 Å². The van der Waals surface area contributed by atoms with E-state index >= 15 is 0 Å². The van der Waals surface area contributed by atoms with Crippen molar-refractivity contribution >= 4 is 17.5 Å². The van der Waals surface area contributed by atoms with Crippen molar-refractivity contribution in [2.75, 3.05) is 30.8 Å². The zero-order chi connectivity index (χ0) is 20.4. The van der Waals surface area contributed by atoms with Gasteiger partial charge >= 0.3 is 12.5 Å². The van der Waals surface area contributed by atoms with E-state index < -0.39 is 18.1 Å². The molecule has 1 saturated heterocycles. The highest BCUT2D eigenvalue weighted by molar-refractivity contribution is 5.68. The maximum Gasteiger partial charge on any atom is 0.573 e. The van der Waals surface area contributed by atoms with Gasteiger partial charge in [0.25, 0.3) is 0 Å². The first kappa shape index (κ1) is 21.0. The average molecular weight is 389 g/mol. The highest BCUT2D eigenvalue weighted by Gasteiger charge is 2.34. The number of hydrogen-bond acceptors (Lipinski definition) is 5. The molecule has 9 heteroatoms. The number of rotatable bonds is 3. The highest BCUT2D eigenvalue weighted by atomic mass is 19.4. The molecule has 2 rings (SSSR count).